The van der Waals surface area contributed by atoms with E-state index in [0.29, 0.717) is 23.9 Å². The number of aromatic nitrogens is 2. The van der Waals surface area contributed by atoms with Crippen LogP contribution in [-0.2, 0) is 0 Å². The number of carbonyl (C=O) groups is 1. The molecule has 1 aliphatic heterocycles. The molecule has 1 aromatic rings. The van der Waals surface area contributed by atoms with Gasteiger partial charge in [0, 0.05) is 25.3 Å². The molecule has 23 heavy (non-hydrogen) atoms. The molecule has 0 spiro atoms. The van der Waals surface area contributed by atoms with Gasteiger partial charge in [0.05, 0.1) is 11.7 Å². The van der Waals surface area contributed by atoms with Crippen LogP contribution in [-0.4, -0.2) is 39.8 Å². The normalized spacial score (nSPS) is 19.7. The predicted molar refractivity (Wildman–Crippen MR) is 91.8 cm³/mol. The van der Waals surface area contributed by atoms with Crippen LogP contribution in [0.4, 0.5) is 4.79 Å². The lowest BCUT2D eigenvalue weighted by Crippen LogP contribution is -2.45. The van der Waals surface area contributed by atoms with Gasteiger partial charge in [-0.3, -0.25) is 4.68 Å². The van der Waals surface area contributed by atoms with Crippen LogP contribution in [0.2, 0.25) is 0 Å². The number of rotatable bonds is 4. The van der Waals surface area contributed by atoms with E-state index in [-0.39, 0.29) is 6.03 Å². The van der Waals surface area contributed by atoms with Gasteiger partial charge in [-0.15, -0.1) is 0 Å². The van der Waals surface area contributed by atoms with Crippen molar-refractivity contribution in [2.45, 2.75) is 77.3 Å². The molecule has 1 saturated carbocycles. The largest absolute Gasteiger partial charge is 0.335 e. The fourth-order valence-corrected chi connectivity index (χ4v) is 3.33. The lowest BCUT2D eigenvalue weighted by molar-refractivity contribution is 0.168. The Hall–Kier alpha value is -1.52. The van der Waals surface area contributed by atoms with Crippen LogP contribution in [0.15, 0.2) is 6.20 Å². The van der Waals surface area contributed by atoms with Crippen LogP contribution in [0.25, 0.3) is 0 Å². The second-order valence-electron chi connectivity index (χ2n) is 7.70. The van der Waals surface area contributed by atoms with Gasteiger partial charge >= 0.3 is 6.03 Å². The van der Waals surface area contributed by atoms with E-state index in [1.165, 1.54) is 11.3 Å². The smallest absolute Gasteiger partial charge is 0.317 e. The summed E-state index contributed by atoms with van der Waals surface area (Å²) in [6, 6.07) is 0.982. The van der Waals surface area contributed by atoms with E-state index in [1.54, 1.807) is 0 Å². The van der Waals surface area contributed by atoms with Crippen molar-refractivity contribution in [2.24, 2.45) is 0 Å². The third-order valence-electron chi connectivity index (χ3n) is 4.99. The summed E-state index contributed by atoms with van der Waals surface area (Å²) in [4.78, 5) is 14.1. The number of likely N-dealkylation sites (tertiary alicyclic amines) is 1. The lowest BCUT2D eigenvalue weighted by atomic mass is 9.98. The minimum Gasteiger partial charge on any atom is -0.335 e. The molecular formula is C18H30N4O. The number of hydrogen-bond donors (Lipinski definition) is 1. The summed E-state index contributed by atoms with van der Waals surface area (Å²) in [7, 11) is 0. The highest BCUT2D eigenvalue weighted by atomic mass is 16.2. The lowest BCUT2D eigenvalue weighted by Gasteiger charge is -2.32. The zero-order valence-electron chi connectivity index (χ0n) is 14.9. The highest BCUT2D eigenvalue weighted by Crippen LogP contribution is 2.29. The van der Waals surface area contributed by atoms with Gasteiger partial charge in [0.1, 0.15) is 0 Å². The summed E-state index contributed by atoms with van der Waals surface area (Å²) in [5, 5.41) is 7.97. The molecule has 2 fully saturated rings. The molecular weight excluding hydrogens is 288 g/mol. The van der Waals surface area contributed by atoms with Crippen LogP contribution in [0.1, 0.15) is 82.5 Å². The third-order valence-corrected chi connectivity index (χ3v) is 4.99. The zero-order valence-corrected chi connectivity index (χ0v) is 14.9. The fraction of sp³-hybridized carbons (Fsp3) is 0.778. The molecule has 1 aliphatic carbocycles. The van der Waals surface area contributed by atoms with E-state index >= 15 is 0 Å². The van der Waals surface area contributed by atoms with Crippen molar-refractivity contribution in [2.75, 3.05) is 13.1 Å². The molecule has 3 rings (SSSR count). The predicted octanol–water partition coefficient (Wildman–Crippen LogP) is 3.64. The Kier molecular flexibility index (Phi) is 4.64. The van der Waals surface area contributed by atoms with Gasteiger partial charge in [0.2, 0.25) is 0 Å². The Morgan fingerprint density at radius 2 is 1.78 bits per heavy atom. The average Bonchev–Trinajstić information content (AvgIpc) is 3.20. The minimum absolute atomic E-state index is 0.122. The molecule has 5 nitrogen and oxygen atoms in total. The van der Waals surface area contributed by atoms with Gasteiger partial charge in [0.15, 0.2) is 0 Å². The number of carbonyl (C=O) groups excluding carboxylic acids is 1. The first-order valence-corrected chi connectivity index (χ1v) is 9.10. The summed E-state index contributed by atoms with van der Waals surface area (Å²) >= 11 is 0. The van der Waals surface area contributed by atoms with Crippen molar-refractivity contribution < 1.29 is 4.79 Å². The quantitative estimate of drug-likeness (QED) is 0.921. The van der Waals surface area contributed by atoms with Gasteiger partial charge in [-0.2, -0.15) is 5.10 Å². The topological polar surface area (TPSA) is 50.2 Å². The van der Waals surface area contributed by atoms with E-state index in [1.807, 2.05) is 4.90 Å². The number of nitrogens with zero attached hydrogens (tertiary/aromatic N) is 3. The molecule has 0 aromatic carbocycles. The molecule has 5 heteroatoms. The molecule has 0 bridgehead atoms. The minimum atomic E-state index is 0.122. The summed E-state index contributed by atoms with van der Waals surface area (Å²) in [5.74, 6) is 0.962. The molecule has 0 unspecified atom stereocenters. The average molecular weight is 318 g/mol. The molecule has 1 saturated heterocycles. The van der Waals surface area contributed by atoms with E-state index in [4.69, 9.17) is 5.10 Å². The summed E-state index contributed by atoms with van der Waals surface area (Å²) in [6.07, 6.45) is 6.52. The Morgan fingerprint density at radius 3 is 2.26 bits per heavy atom. The molecule has 0 atom stereocenters. The Bertz CT molecular complexity index is 526. The van der Waals surface area contributed by atoms with Gasteiger partial charge < -0.3 is 10.2 Å². The SMILES string of the molecule is CC(C)c1cn(C2CCN(C(=O)NC3CC3)CC2)nc1C(C)C. The first-order valence-electron chi connectivity index (χ1n) is 9.10. The molecule has 2 heterocycles. The van der Waals surface area contributed by atoms with Crippen LogP contribution < -0.4 is 5.32 Å². The number of urea groups is 1. The number of piperidine rings is 1. The van der Waals surface area contributed by atoms with E-state index in [0.717, 1.165) is 38.8 Å². The monoisotopic (exact) mass is 318 g/mol. The molecule has 1 N–H and O–H groups in total. The van der Waals surface area contributed by atoms with E-state index in [2.05, 4.69) is 43.9 Å². The van der Waals surface area contributed by atoms with Crippen molar-refractivity contribution in [3.05, 3.63) is 17.5 Å². The maximum Gasteiger partial charge on any atom is 0.317 e. The van der Waals surface area contributed by atoms with Gasteiger partial charge in [-0.25, -0.2) is 4.79 Å². The summed E-state index contributed by atoms with van der Waals surface area (Å²) in [6.45, 7) is 10.6. The van der Waals surface area contributed by atoms with E-state index < -0.39 is 0 Å². The number of nitrogens with one attached hydrogen (secondary N) is 1. The Morgan fingerprint density at radius 1 is 1.13 bits per heavy atom. The van der Waals surface area contributed by atoms with Gasteiger partial charge in [-0.05, 0) is 43.1 Å². The van der Waals surface area contributed by atoms with Gasteiger partial charge in [0.25, 0.3) is 0 Å². The summed E-state index contributed by atoms with van der Waals surface area (Å²) < 4.78 is 2.17. The van der Waals surface area contributed by atoms with Crippen LogP contribution >= 0.6 is 0 Å². The third kappa shape index (κ3) is 3.70. The highest BCUT2D eigenvalue weighted by Gasteiger charge is 2.29. The maximum absolute atomic E-state index is 12.1. The van der Waals surface area contributed by atoms with Crippen LogP contribution in [0.5, 0.6) is 0 Å². The Balaban J connectivity index is 1.62. The summed E-state index contributed by atoms with van der Waals surface area (Å²) in [5.41, 5.74) is 2.60. The maximum atomic E-state index is 12.1. The molecule has 0 radical (unpaired) electrons. The van der Waals surface area contributed by atoms with E-state index in [9.17, 15) is 4.79 Å². The van der Waals surface area contributed by atoms with Crippen LogP contribution in [0, 0.1) is 0 Å². The number of amides is 2. The first-order chi connectivity index (χ1) is 11.0. The van der Waals surface area contributed by atoms with Crippen molar-refractivity contribution in [3.8, 4) is 0 Å². The molecule has 2 amide bonds. The van der Waals surface area contributed by atoms with Gasteiger partial charge in [-0.1, -0.05) is 27.7 Å². The van der Waals surface area contributed by atoms with Crippen molar-refractivity contribution >= 4 is 6.03 Å². The molecule has 1 aromatic heterocycles. The number of hydrogen-bond acceptors (Lipinski definition) is 2. The standard InChI is InChI=1S/C18H30N4O/c1-12(2)16-11-22(20-17(16)13(3)4)15-7-9-21(10-8-15)18(23)19-14-5-6-14/h11-15H,5-10H2,1-4H3,(H,19,23). The highest BCUT2D eigenvalue weighted by molar-refractivity contribution is 5.74. The zero-order chi connectivity index (χ0) is 16.6. The second-order valence-corrected chi connectivity index (χ2v) is 7.70. The van der Waals surface area contributed by atoms with Crippen molar-refractivity contribution in [1.29, 1.82) is 0 Å². The molecule has 2 aliphatic rings. The second kappa shape index (κ2) is 6.54. The molecule has 128 valence electrons. The first kappa shape index (κ1) is 16.3. The van der Waals surface area contributed by atoms with Crippen LogP contribution in [0.3, 0.4) is 0 Å². The fourth-order valence-electron chi connectivity index (χ4n) is 3.33. The van der Waals surface area contributed by atoms with Crippen molar-refractivity contribution in [1.82, 2.24) is 20.0 Å². The van der Waals surface area contributed by atoms with Crippen molar-refractivity contribution in [3.63, 3.8) is 0 Å². The Labute approximate surface area is 139 Å².